The molecule has 0 spiro atoms. The van der Waals surface area contributed by atoms with Crippen molar-refractivity contribution in [2.75, 3.05) is 13.2 Å². The lowest BCUT2D eigenvalue weighted by molar-refractivity contribution is 0.370. The molecule has 8 heteroatoms. The van der Waals surface area contributed by atoms with Crippen molar-refractivity contribution in [3.8, 4) is 17.6 Å². The fourth-order valence-corrected chi connectivity index (χ4v) is 3.28. The fourth-order valence-electron chi connectivity index (χ4n) is 1.90. The van der Waals surface area contributed by atoms with Gasteiger partial charge >= 0.3 is 0 Å². The second kappa shape index (κ2) is 8.94. The van der Waals surface area contributed by atoms with Crippen LogP contribution in [0, 0.1) is 23.5 Å². The molecule has 0 heterocycles. The largest absolute Gasteiger partial charge is 0.481 e. The maximum atomic E-state index is 13.1. The Morgan fingerprint density at radius 3 is 2.48 bits per heavy atom. The molecule has 0 radical (unpaired) electrons. The number of halogens is 3. The Kier molecular flexibility index (Phi) is 6.93. The fraction of sp³-hybridized carbons (Fsp3) is 0.176. The van der Waals surface area contributed by atoms with Crippen molar-refractivity contribution in [3.63, 3.8) is 0 Å². The third kappa shape index (κ3) is 7.22. The van der Waals surface area contributed by atoms with Crippen molar-refractivity contribution in [3.05, 3.63) is 64.1 Å². The van der Waals surface area contributed by atoms with Crippen LogP contribution >= 0.6 is 15.9 Å². The second-order valence-corrected chi connectivity index (χ2v) is 7.68. The number of sulfonamides is 1. The molecule has 1 N–H and O–H groups in total. The topological polar surface area (TPSA) is 55.4 Å². The van der Waals surface area contributed by atoms with E-state index in [1.165, 1.54) is 0 Å². The molecule has 0 saturated carbocycles. The Morgan fingerprint density at radius 2 is 1.80 bits per heavy atom. The predicted molar refractivity (Wildman–Crippen MR) is 94.4 cm³/mol. The number of hydrogen-bond donors (Lipinski definition) is 1. The average molecular weight is 430 g/mol. The summed E-state index contributed by atoms with van der Waals surface area (Å²) in [6, 6.07) is 9.85. The Morgan fingerprint density at radius 1 is 1.08 bits per heavy atom. The molecule has 2 aromatic rings. The Hall–Kier alpha value is -1.95. The lowest BCUT2D eigenvalue weighted by Gasteiger charge is -2.04. The van der Waals surface area contributed by atoms with E-state index in [0.29, 0.717) is 11.8 Å². The van der Waals surface area contributed by atoms with Gasteiger partial charge in [0.1, 0.15) is 24.0 Å². The molecule has 0 fully saturated rings. The third-order valence-corrected chi connectivity index (χ3v) is 4.68. The van der Waals surface area contributed by atoms with Crippen molar-refractivity contribution in [1.82, 2.24) is 4.72 Å². The quantitative estimate of drug-likeness (QED) is 0.717. The Labute approximate surface area is 153 Å². The average Bonchev–Trinajstić information content (AvgIpc) is 2.49. The highest BCUT2D eigenvalue weighted by molar-refractivity contribution is 9.10. The highest BCUT2D eigenvalue weighted by atomic mass is 79.9. The molecule has 25 heavy (non-hydrogen) atoms. The van der Waals surface area contributed by atoms with Crippen molar-refractivity contribution in [1.29, 1.82) is 0 Å². The minimum Gasteiger partial charge on any atom is -0.481 e. The number of nitrogens with one attached hydrogen (secondary N) is 1. The van der Waals surface area contributed by atoms with Crippen LogP contribution in [0.15, 0.2) is 46.9 Å². The lowest BCUT2D eigenvalue weighted by atomic mass is 10.2. The second-order valence-electron chi connectivity index (χ2n) is 4.96. The van der Waals surface area contributed by atoms with E-state index in [4.69, 9.17) is 4.74 Å². The van der Waals surface area contributed by atoms with Gasteiger partial charge in [0.05, 0.1) is 12.3 Å². The summed E-state index contributed by atoms with van der Waals surface area (Å²) < 4.78 is 58.3. The molecule has 0 aliphatic carbocycles. The normalized spacial score (nSPS) is 10.8. The third-order valence-electron chi connectivity index (χ3n) is 2.89. The van der Waals surface area contributed by atoms with Crippen molar-refractivity contribution >= 4 is 26.0 Å². The van der Waals surface area contributed by atoms with E-state index < -0.39 is 27.4 Å². The zero-order chi connectivity index (χ0) is 18.3. The van der Waals surface area contributed by atoms with Crippen LogP contribution in [-0.2, 0) is 15.8 Å². The number of benzene rings is 2. The summed E-state index contributed by atoms with van der Waals surface area (Å²) in [5.74, 6) is 3.74. The minimum atomic E-state index is -3.75. The maximum Gasteiger partial charge on any atom is 0.216 e. The zero-order valence-electron chi connectivity index (χ0n) is 12.9. The van der Waals surface area contributed by atoms with Gasteiger partial charge in [0.2, 0.25) is 10.0 Å². The maximum absolute atomic E-state index is 13.1. The summed E-state index contributed by atoms with van der Waals surface area (Å²) >= 11 is 3.31. The van der Waals surface area contributed by atoms with Crippen LogP contribution in [0.25, 0.3) is 0 Å². The van der Waals surface area contributed by atoms with Crippen molar-refractivity contribution in [2.45, 2.75) is 5.75 Å². The van der Waals surface area contributed by atoms with E-state index in [1.54, 1.807) is 12.1 Å². The van der Waals surface area contributed by atoms with Gasteiger partial charge in [-0.05, 0) is 35.9 Å². The molecule has 0 saturated heterocycles. The van der Waals surface area contributed by atoms with Crippen molar-refractivity contribution < 1.29 is 21.9 Å². The summed E-state index contributed by atoms with van der Waals surface area (Å²) in [7, 11) is -3.75. The molecule has 2 rings (SSSR count). The number of ether oxygens (including phenoxy) is 1. The van der Waals surface area contributed by atoms with E-state index in [2.05, 4.69) is 32.5 Å². The summed E-state index contributed by atoms with van der Waals surface area (Å²) in [5, 5.41) is 0. The van der Waals surface area contributed by atoms with Gasteiger partial charge in [-0.15, -0.1) is 0 Å². The van der Waals surface area contributed by atoms with Crippen LogP contribution in [0.5, 0.6) is 5.75 Å². The Balaban J connectivity index is 1.80. The number of hydrogen-bond acceptors (Lipinski definition) is 3. The number of rotatable bonds is 6. The van der Waals surface area contributed by atoms with Gasteiger partial charge in [-0.1, -0.05) is 33.8 Å². The molecule has 0 aliphatic rings. The van der Waals surface area contributed by atoms with Gasteiger partial charge in [-0.3, -0.25) is 0 Å². The van der Waals surface area contributed by atoms with Crippen LogP contribution in [-0.4, -0.2) is 21.6 Å². The zero-order valence-corrected chi connectivity index (χ0v) is 15.3. The first-order valence-corrected chi connectivity index (χ1v) is 9.55. The SMILES string of the molecule is O=S(=O)(Cc1cc(F)cc(F)c1)NCC#CCOc1cccc(Br)c1. The summed E-state index contributed by atoms with van der Waals surface area (Å²) in [6.45, 7) is -0.0186. The first-order valence-electron chi connectivity index (χ1n) is 7.10. The minimum absolute atomic E-state index is 0.0240. The van der Waals surface area contributed by atoms with E-state index in [-0.39, 0.29) is 18.7 Å². The summed E-state index contributed by atoms with van der Waals surface area (Å²) in [6.07, 6.45) is 0. The standard InChI is InChI=1S/C17H14BrF2NO3S/c18-14-4-3-5-17(10-14)24-7-2-1-6-21-25(22,23)12-13-8-15(19)11-16(20)9-13/h3-5,8-11,21H,6-7,12H2. The molecule has 0 aromatic heterocycles. The molecule has 0 bridgehead atoms. The van der Waals surface area contributed by atoms with E-state index in [1.807, 2.05) is 12.1 Å². The molecule has 0 atom stereocenters. The summed E-state index contributed by atoms with van der Waals surface area (Å²) in [4.78, 5) is 0. The molecule has 132 valence electrons. The van der Waals surface area contributed by atoms with Gasteiger partial charge in [0.15, 0.2) is 0 Å². The van der Waals surface area contributed by atoms with Crippen LogP contribution < -0.4 is 9.46 Å². The van der Waals surface area contributed by atoms with E-state index in [9.17, 15) is 17.2 Å². The monoisotopic (exact) mass is 429 g/mol. The highest BCUT2D eigenvalue weighted by Crippen LogP contribution is 2.17. The van der Waals surface area contributed by atoms with Gasteiger partial charge < -0.3 is 4.74 Å². The smallest absolute Gasteiger partial charge is 0.216 e. The molecular formula is C17H14BrF2NO3S. The molecule has 2 aromatic carbocycles. The van der Waals surface area contributed by atoms with Crippen LogP contribution in [0.3, 0.4) is 0 Å². The molecule has 0 aliphatic heterocycles. The van der Waals surface area contributed by atoms with Gasteiger partial charge in [0, 0.05) is 10.5 Å². The van der Waals surface area contributed by atoms with Crippen molar-refractivity contribution in [2.24, 2.45) is 0 Å². The van der Waals surface area contributed by atoms with Crippen LogP contribution in [0.2, 0.25) is 0 Å². The predicted octanol–water partition coefficient (Wildman–Crippen LogP) is 3.23. The first kappa shape index (κ1) is 19.4. The van der Waals surface area contributed by atoms with Crippen LogP contribution in [0.1, 0.15) is 5.56 Å². The van der Waals surface area contributed by atoms with E-state index in [0.717, 1.165) is 16.6 Å². The Bertz CT molecular complexity index is 887. The van der Waals surface area contributed by atoms with E-state index >= 15 is 0 Å². The van der Waals surface area contributed by atoms with Crippen LogP contribution in [0.4, 0.5) is 8.78 Å². The van der Waals surface area contributed by atoms with Gasteiger partial charge in [0.25, 0.3) is 0 Å². The van der Waals surface area contributed by atoms with Gasteiger partial charge in [-0.25, -0.2) is 21.9 Å². The highest BCUT2D eigenvalue weighted by Gasteiger charge is 2.12. The summed E-state index contributed by atoms with van der Waals surface area (Å²) in [5.41, 5.74) is 0.0240. The first-order chi connectivity index (χ1) is 11.8. The molecular weight excluding hydrogens is 416 g/mol. The lowest BCUT2D eigenvalue weighted by Crippen LogP contribution is -2.25. The molecule has 4 nitrogen and oxygen atoms in total. The molecule has 0 amide bonds. The molecule has 0 unspecified atom stereocenters. The van der Waals surface area contributed by atoms with Gasteiger partial charge in [-0.2, -0.15) is 0 Å².